The molecule has 3 aromatic carbocycles. The van der Waals surface area contributed by atoms with Gasteiger partial charge in [-0.1, -0.05) is 59.8 Å². The lowest BCUT2D eigenvalue weighted by Crippen LogP contribution is -2.14. The van der Waals surface area contributed by atoms with Gasteiger partial charge in [0.25, 0.3) is 5.91 Å². The maximum atomic E-state index is 13.1. The normalized spacial score (nSPS) is 15.3. The smallest absolute Gasteiger partial charge is 0.344 e. The molecule has 0 saturated carbocycles. The van der Waals surface area contributed by atoms with E-state index in [0.717, 1.165) is 17.3 Å². The number of benzene rings is 3. The molecule has 0 saturated heterocycles. The van der Waals surface area contributed by atoms with Crippen LogP contribution in [0.1, 0.15) is 28.4 Å². The van der Waals surface area contributed by atoms with Crippen molar-refractivity contribution in [2.75, 3.05) is 6.61 Å². The third-order valence-electron chi connectivity index (χ3n) is 5.16. The summed E-state index contributed by atoms with van der Waals surface area (Å²) in [5, 5.41) is 11.2. The molecule has 0 radical (unpaired) electrons. The van der Waals surface area contributed by atoms with Gasteiger partial charge in [0, 0.05) is 5.56 Å². The molecule has 6 nitrogen and oxygen atoms in total. The van der Waals surface area contributed by atoms with Crippen LogP contribution in [0.2, 0.25) is 5.02 Å². The van der Waals surface area contributed by atoms with Crippen molar-refractivity contribution in [2.24, 2.45) is 4.99 Å². The molecule has 9 heteroatoms. The quantitative estimate of drug-likeness (QED) is 0.335. The molecule has 1 heterocycles. The molecule has 0 spiro atoms. The number of halogens is 2. The third-order valence-corrected chi connectivity index (χ3v) is 6.47. The first-order chi connectivity index (χ1) is 17.9. The number of aliphatic hydroxyl groups is 1. The van der Waals surface area contributed by atoms with Gasteiger partial charge < -0.3 is 14.6 Å². The van der Waals surface area contributed by atoms with Crippen molar-refractivity contribution in [2.45, 2.75) is 13.5 Å². The number of thioether (sulfide) groups is 1. The number of aliphatic imine (C=N–C) groups is 1. The number of hydrogen-bond donors (Lipinski definition) is 1. The van der Waals surface area contributed by atoms with Crippen molar-refractivity contribution in [3.05, 3.63) is 117 Å². The van der Waals surface area contributed by atoms with Crippen molar-refractivity contribution in [1.29, 1.82) is 0 Å². The summed E-state index contributed by atoms with van der Waals surface area (Å²) in [6.45, 7) is 1.94. The Bertz CT molecular complexity index is 1420. The number of rotatable bonds is 7. The van der Waals surface area contributed by atoms with Crippen LogP contribution >= 0.6 is 23.4 Å². The predicted octanol–water partition coefficient (Wildman–Crippen LogP) is 6.76. The van der Waals surface area contributed by atoms with E-state index in [2.05, 4.69) is 4.99 Å². The van der Waals surface area contributed by atoms with Crippen LogP contribution in [-0.2, 0) is 16.1 Å². The van der Waals surface area contributed by atoms with Crippen LogP contribution in [0.25, 0.3) is 6.08 Å². The van der Waals surface area contributed by atoms with Gasteiger partial charge in [0.1, 0.15) is 34.5 Å². The monoisotopic (exact) mass is 537 g/mol. The Morgan fingerprint density at radius 2 is 1.81 bits per heavy atom. The van der Waals surface area contributed by atoms with Crippen LogP contribution in [0, 0.1) is 5.82 Å². The lowest BCUT2D eigenvalue weighted by atomic mass is 10.1. The summed E-state index contributed by atoms with van der Waals surface area (Å²) in [5.74, 6) is -1.57. The zero-order valence-electron chi connectivity index (χ0n) is 19.6. The van der Waals surface area contributed by atoms with E-state index >= 15 is 0 Å². The van der Waals surface area contributed by atoms with Gasteiger partial charge in [-0.3, -0.25) is 4.79 Å². The van der Waals surface area contributed by atoms with Crippen LogP contribution < -0.4 is 4.74 Å². The van der Waals surface area contributed by atoms with Gasteiger partial charge in [0.15, 0.2) is 0 Å². The van der Waals surface area contributed by atoms with Gasteiger partial charge in [0.05, 0.1) is 16.5 Å². The molecule has 0 aliphatic carbocycles. The molecule has 1 N–H and O–H groups in total. The SMILES string of the molecule is CCOC(=O)C1=C(O)/C(=C\c2ccc(OCc3ccc(F)cc3)c(Cl)c2)SC1=NC(=O)c1ccccc1. The molecule has 188 valence electrons. The molecule has 3 aromatic rings. The summed E-state index contributed by atoms with van der Waals surface area (Å²) >= 11 is 7.37. The van der Waals surface area contributed by atoms with Crippen LogP contribution in [0.5, 0.6) is 5.75 Å². The summed E-state index contributed by atoms with van der Waals surface area (Å²) in [6.07, 6.45) is 1.62. The number of hydrogen-bond acceptors (Lipinski definition) is 6. The minimum Gasteiger partial charge on any atom is -0.506 e. The highest BCUT2D eigenvalue weighted by atomic mass is 35.5. The molecule has 1 aliphatic rings. The number of amides is 1. The van der Waals surface area contributed by atoms with Crippen LogP contribution in [0.4, 0.5) is 4.39 Å². The van der Waals surface area contributed by atoms with E-state index in [4.69, 9.17) is 21.1 Å². The minimum atomic E-state index is -0.780. The molecule has 1 amide bonds. The fourth-order valence-corrected chi connectivity index (χ4v) is 4.60. The van der Waals surface area contributed by atoms with Crippen molar-refractivity contribution in [3.8, 4) is 5.75 Å². The number of nitrogens with zero attached hydrogens (tertiary/aromatic N) is 1. The maximum Gasteiger partial charge on any atom is 0.344 e. The number of ether oxygens (including phenoxy) is 2. The van der Waals surface area contributed by atoms with Gasteiger partial charge in [-0.15, -0.1) is 0 Å². The Morgan fingerprint density at radius 1 is 1.08 bits per heavy atom. The zero-order chi connectivity index (χ0) is 26.4. The fraction of sp³-hybridized carbons (Fsp3) is 0.107. The number of carbonyl (C=O) groups is 2. The van der Waals surface area contributed by atoms with E-state index in [-0.39, 0.29) is 35.4 Å². The lowest BCUT2D eigenvalue weighted by Gasteiger charge is -2.09. The fourth-order valence-electron chi connectivity index (χ4n) is 3.35. The molecule has 0 atom stereocenters. The van der Waals surface area contributed by atoms with Gasteiger partial charge in [-0.25, -0.2) is 14.2 Å². The molecule has 4 rings (SSSR count). The summed E-state index contributed by atoms with van der Waals surface area (Å²) < 4.78 is 23.9. The molecule has 0 unspecified atom stereocenters. The molecule has 37 heavy (non-hydrogen) atoms. The van der Waals surface area contributed by atoms with Gasteiger partial charge >= 0.3 is 5.97 Å². The highest BCUT2D eigenvalue weighted by Crippen LogP contribution is 2.40. The first-order valence-corrected chi connectivity index (χ1v) is 12.4. The van der Waals surface area contributed by atoms with Crippen molar-refractivity contribution < 1.29 is 28.6 Å². The molecule has 0 bridgehead atoms. The maximum absolute atomic E-state index is 13.1. The Labute approximate surface area is 222 Å². The van der Waals surface area contributed by atoms with E-state index in [0.29, 0.717) is 26.8 Å². The van der Waals surface area contributed by atoms with E-state index in [1.165, 1.54) is 12.1 Å². The second-order valence-electron chi connectivity index (χ2n) is 7.75. The van der Waals surface area contributed by atoms with Gasteiger partial charge in [-0.05, 0) is 60.5 Å². The number of aliphatic hydroxyl groups excluding tert-OH is 1. The Kier molecular flexibility index (Phi) is 8.43. The second-order valence-corrected chi connectivity index (χ2v) is 9.19. The summed E-state index contributed by atoms with van der Waals surface area (Å²) in [7, 11) is 0. The lowest BCUT2D eigenvalue weighted by molar-refractivity contribution is -0.138. The van der Waals surface area contributed by atoms with Crippen molar-refractivity contribution in [1.82, 2.24) is 0 Å². The zero-order valence-corrected chi connectivity index (χ0v) is 21.2. The molecule has 1 aliphatic heterocycles. The second kappa shape index (κ2) is 11.9. The summed E-state index contributed by atoms with van der Waals surface area (Å²) in [5.41, 5.74) is 1.57. The standard InChI is InChI=1S/C28H21ClFNO5S/c1-2-35-28(34)24-25(32)23(37-27(24)31-26(33)19-6-4-3-5-7-19)15-18-10-13-22(21(29)14-18)36-16-17-8-11-20(30)12-9-17/h3-15,32H,2,16H2,1H3/b23-15+,31-27?. The topological polar surface area (TPSA) is 85.2 Å². The van der Waals surface area contributed by atoms with Gasteiger partial charge in [-0.2, -0.15) is 0 Å². The number of esters is 1. The van der Waals surface area contributed by atoms with Crippen LogP contribution in [-0.4, -0.2) is 28.6 Å². The molecule has 0 fully saturated rings. The third kappa shape index (κ3) is 6.47. The first-order valence-electron chi connectivity index (χ1n) is 11.2. The molecular weight excluding hydrogens is 517 g/mol. The minimum absolute atomic E-state index is 0.0430. The van der Waals surface area contributed by atoms with Crippen molar-refractivity contribution >= 4 is 46.4 Å². The average molecular weight is 538 g/mol. The summed E-state index contributed by atoms with van der Waals surface area (Å²) in [4.78, 5) is 29.6. The van der Waals surface area contributed by atoms with Crippen LogP contribution in [0.15, 0.2) is 94.0 Å². The summed E-state index contributed by atoms with van der Waals surface area (Å²) in [6, 6.07) is 19.4. The highest BCUT2D eigenvalue weighted by molar-refractivity contribution is 8.18. The molecular formula is C28H21ClFNO5S. The Morgan fingerprint density at radius 3 is 2.49 bits per heavy atom. The van der Waals surface area contributed by atoms with Gasteiger partial charge in [0.2, 0.25) is 0 Å². The van der Waals surface area contributed by atoms with Crippen molar-refractivity contribution in [3.63, 3.8) is 0 Å². The average Bonchev–Trinajstić information content (AvgIpc) is 3.19. The predicted molar refractivity (Wildman–Crippen MR) is 142 cm³/mol. The highest BCUT2D eigenvalue weighted by Gasteiger charge is 2.34. The number of carbonyl (C=O) groups excluding carboxylic acids is 2. The van der Waals surface area contributed by atoms with E-state index < -0.39 is 11.9 Å². The molecule has 0 aromatic heterocycles. The Hall–Kier alpha value is -3.88. The van der Waals surface area contributed by atoms with E-state index in [9.17, 15) is 19.1 Å². The Balaban J connectivity index is 1.58. The van der Waals surface area contributed by atoms with E-state index in [1.807, 2.05) is 0 Å². The van der Waals surface area contributed by atoms with Crippen LogP contribution in [0.3, 0.4) is 0 Å². The van der Waals surface area contributed by atoms with E-state index in [1.54, 1.807) is 73.7 Å². The largest absolute Gasteiger partial charge is 0.506 e. The first kappa shape index (κ1) is 26.2.